The fourth-order valence-corrected chi connectivity index (χ4v) is 5.55. The average Bonchev–Trinajstić information content (AvgIpc) is 3.35. The van der Waals surface area contributed by atoms with Crippen LogP contribution in [0.1, 0.15) is 47.7 Å². The van der Waals surface area contributed by atoms with Crippen LogP contribution in [0.3, 0.4) is 0 Å². The van der Waals surface area contributed by atoms with Gasteiger partial charge in [-0.1, -0.05) is 6.07 Å². The van der Waals surface area contributed by atoms with E-state index in [0.29, 0.717) is 12.1 Å². The number of H-pyrrole nitrogens is 1. The van der Waals surface area contributed by atoms with Crippen molar-refractivity contribution >= 4 is 28.1 Å². The molecule has 2 saturated heterocycles. The third kappa shape index (κ3) is 3.45. The number of likely N-dealkylation sites (N-methyl/N-ethyl adjacent to an activating group) is 1. The minimum Gasteiger partial charge on any atom is -0.367 e. The molecule has 0 radical (unpaired) electrons. The fraction of sp³-hybridized carbons (Fsp3) is 0.545. The Labute approximate surface area is 176 Å². The maximum Gasteiger partial charge on any atom is 0.124 e. The Bertz CT molecular complexity index is 986. The summed E-state index contributed by atoms with van der Waals surface area (Å²) in [5.41, 5.74) is 6.76. The Hall–Kier alpha value is -1.96. The zero-order valence-electron chi connectivity index (χ0n) is 17.6. The van der Waals surface area contributed by atoms with Gasteiger partial charge in [0.25, 0.3) is 0 Å². The number of aromatic amines is 1. The maximum atomic E-state index is 5.15. The number of hydrogen-bond donors (Lipinski definition) is 1. The van der Waals surface area contributed by atoms with Crippen molar-refractivity contribution in [2.75, 3.05) is 45.2 Å². The zero-order chi connectivity index (χ0) is 20.0. The molecule has 1 N–H and O–H groups in total. The Morgan fingerprint density at radius 2 is 1.86 bits per heavy atom. The Balaban J connectivity index is 1.46. The van der Waals surface area contributed by atoms with E-state index in [4.69, 9.17) is 4.98 Å². The molecule has 29 heavy (non-hydrogen) atoms. The first-order chi connectivity index (χ1) is 14.1. The normalized spacial score (nSPS) is 24.4. The number of rotatable bonds is 3. The number of imidazole rings is 1. The van der Waals surface area contributed by atoms with E-state index in [0.717, 1.165) is 49.5 Å². The number of anilines is 1. The minimum absolute atomic E-state index is 0.308. The average molecular weight is 411 g/mol. The van der Waals surface area contributed by atoms with E-state index >= 15 is 0 Å². The van der Waals surface area contributed by atoms with Crippen LogP contribution in [0.5, 0.6) is 0 Å². The number of thiazole rings is 1. The number of aryl methyl sites for hydroxylation is 1. The van der Waals surface area contributed by atoms with Gasteiger partial charge in [0.1, 0.15) is 11.3 Å². The number of nitrogens with zero attached hydrogens (tertiary/aromatic N) is 5. The summed E-state index contributed by atoms with van der Waals surface area (Å²) in [7, 11) is 4.44. The van der Waals surface area contributed by atoms with Crippen LogP contribution in [0.25, 0.3) is 11.0 Å². The molecule has 4 heterocycles. The number of nitrogens with one attached hydrogen (secondary N) is 1. The lowest BCUT2D eigenvalue weighted by Gasteiger charge is -2.38. The van der Waals surface area contributed by atoms with E-state index < -0.39 is 0 Å². The quantitative estimate of drug-likeness (QED) is 0.708. The highest BCUT2D eigenvalue weighted by Crippen LogP contribution is 2.41. The number of hydrogen-bond acceptors (Lipinski definition) is 6. The Kier molecular flexibility index (Phi) is 5.05. The summed E-state index contributed by atoms with van der Waals surface area (Å²) >= 11 is 1.75. The molecule has 2 aromatic heterocycles. The monoisotopic (exact) mass is 410 g/mol. The molecule has 0 spiro atoms. The molecule has 2 aliphatic heterocycles. The predicted molar refractivity (Wildman–Crippen MR) is 120 cm³/mol. The molecule has 2 atom stereocenters. The van der Waals surface area contributed by atoms with Crippen LogP contribution < -0.4 is 4.90 Å². The minimum atomic E-state index is 0.308. The SMILES string of the molecule is Cc1scnc1[C@@H]1CCC[C@H](c2nc3c(N4CCN(C)CC4)cccc3[nH]2)N1C. The predicted octanol–water partition coefficient (Wildman–Crippen LogP) is 3.98. The molecule has 0 amide bonds. The summed E-state index contributed by atoms with van der Waals surface area (Å²) in [4.78, 5) is 22.2. The summed E-state index contributed by atoms with van der Waals surface area (Å²) in [5.74, 6) is 1.10. The van der Waals surface area contributed by atoms with Gasteiger partial charge in [-0.05, 0) is 52.4 Å². The van der Waals surface area contributed by atoms with Gasteiger partial charge in [-0.15, -0.1) is 11.3 Å². The van der Waals surface area contributed by atoms with Crippen molar-refractivity contribution in [1.82, 2.24) is 24.8 Å². The van der Waals surface area contributed by atoms with Gasteiger partial charge in [-0.3, -0.25) is 4.90 Å². The summed E-state index contributed by atoms with van der Waals surface area (Å²) in [6, 6.07) is 7.23. The van der Waals surface area contributed by atoms with E-state index in [1.54, 1.807) is 11.3 Å². The van der Waals surface area contributed by atoms with Gasteiger partial charge in [-0.25, -0.2) is 9.97 Å². The first-order valence-electron chi connectivity index (χ1n) is 10.7. The number of fused-ring (bicyclic) bond motifs is 1. The molecule has 0 aliphatic carbocycles. The molecule has 3 aromatic rings. The lowest BCUT2D eigenvalue weighted by atomic mass is 9.93. The van der Waals surface area contributed by atoms with Crippen LogP contribution in [0, 0.1) is 6.92 Å². The van der Waals surface area contributed by atoms with Crippen molar-refractivity contribution in [2.24, 2.45) is 0 Å². The molecule has 0 unspecified atom stereocenters. The second-order valence-corrected chi connectivity index (χ2v) is 9.57. The van der Waals surface area contributed by atoms with Gasteiger partial charge in [0.05, 0.1) is 34.5 Å². The molecular weight excluding hydrogens is 380 g/mol. The van der Waals surface area contributed by atoms with Crippen molar-refractivity contribution in [1.29, 1.82) is 0 Å². The standard InChI is InChI=1S/C22H30N6S/c1-15-20(23-14-29-15)17-7-5-9-19(27(17)3)22-24-16-6-4-8-18(21(16)25-22)28-12-10-26(2)11-13-28/h4,6,8,14,17,19H,5,7,9-13H2,1-3H3,(H,24,25)/t17-,19+/m0/s1. The topological polar surface area (TPSA) is 51.3 Å². The fourth-order valence-electron chi connectivity index (χ4n) is 4.92. The van der Waals surface area contributed by atoms with Gasteiger partial charge in [0.15, 0.2) is 0 Å². The Morgan fingerprint density at radius 3 is 2.62 bits per heavy atom. The first kappa shape index (κ1) is 19.0. The molecule has 0 saturated carbocycles. The van der Waals surface area contributed by atoms with Crippen LogP contribution >= 0.6 is 11.3 Å². The summed E-state index contributed by atoms with van der Waals surface area (Å²) in [6.45, 7) is 6.52. The number of piperidine rings is 1. The van der Waals surface area contributed by atoms with E-state index in [2.05, 4.69) is 63.9 Å². The van der Waals surface area contributed by atoms with Gasteiger partial charge in [-0.2, -0.15) is 0 Å². The van der Waals surface area contributed by atoms with Crippen LogP contribution in [0.15, 0.2) is 23.7 Å². The van der Waals surface area contributed by atoms with E-state index in [1.165, 1.54) is 29.1 Å². The lowest BCUT2D eigenvalue weighted by molar-refractivity contribution is 0.107. The molecule has 7 heteroatoms. The van der Waals surface area contributed by atoms with Crippen LogP contribution in [0.2, 0.25) is 0 Å². The molecular formula is C22H30N6S. The Morgan fingerprint density at radius 1 is 1.07 bits per heavy atom. The van der Waals surface area contributed by atoms with Gasteiger partial charge < -0.3 is 14.8 Å². The third-order valence-electron chi connectivity index (χ3n) is 6.71. The van der Waals surface area contributed by atoms with E-state index in [-0.39, 0.29) is 0 Å². The first-order valence-corrected chi connectivity index (χ1v) is 11.5. The van der Waals surface area contributed by atoms with Gasteiger partial charge in [0.2, 0.25) is 0 Å². The summed E-state index contributed by atoms with van der Waals surface area (Å²) in [6.07, 6.45) is 3.52. The number of likely N-dealkylation sites (tertiary alicyclic amines) is 1. The van der Waals surface area contributed by atoms with Crippen molar-refractivity contribution in [3.05, 3.63) is 40.1 Å². The zero-order valence-corrected chi connectivity index (χ0v) is 18.4. The van der Waals surface area contributed by atoms with Crippen molar-refractivity contribution in [2.45, 2.75) is 38.3 Å². The van der Waals surface area contributed by atoms with Gasteiger partial charge >= 0.3 is 0 Å². The maximum absolute atomic E-state index is 5.15. The summed E-state index contributed by atoms with van der Waals surface area (Å²) < 4.78 is 0. The highest BCUT2D eigenvalue weighted by atomic mass is 32.1. The van der Waals surface area contributed by atoms with Crippen LogP contribution in [-0.4, -0.2) is 65.0 Å². The van der Waals surface area contributed by atoms with Crippen LogP contribution in [0.4, 0.5) is 5.69 Å². The largest absolute Gasteiger partial charge is 0.367 e. The second kappa shape index (κ2) is 7.70. The second-order valence-electron chi connectivity index (χ2n) is 8.51. The highest BCUT2D eigenvalue weighted by molar-refractivity contribution is 7.09. The number of benzene rings is 1. The third-order valence-corrected chi connectivity index (χ3v) is 7.48. The van der Waals surface area contributed by atoms with Gasteiger partial charge in [0, 0.05) is 31.1 Å². The molecule has 2 fully saturated rings. The van der Waals surface area contributed by atoms with Crippen LogP contribution in [-0.2, 0) is 0 Å². The van der Waals surface area contributed by atoms with Crippen molar-refractivity contribution < 1.29 is 0 Å². The molecule has 6 nitrogen and oxygen atoms in total. The molecule has 0 bridgehead atoms. The molecule has 154 valence electrons. The smallest absolute Gasteiger partial charge is 0.124 e. The van der Waals surface area contributed by atoms with Crippen molar-refractivity contribution in [3.63, 3.8) is 0 Å². The van der Waals surface area contributed by atoms with Crippen molar-refractivity contribution in [3.8, 4) is 0 Å². The molecule has 2 aliphatic rings. The number of piperazine rings is 1. The number of para-hydroxylation sites is 1. The summed E-state index contributed by atoms with van der Waals surface area (Å²) in [5, 5.41) is 0. The van der Waals surface area contributed by atoms with E-state index in [9.17, 15) is 0 Å². The highest BCUT2D eigenvalue weighted by Gasteiger charge is 2.33. The lowest BCUT2D eigenvalue weighted by Crippen LogP contribution is -2.44. The van der Waals surface area contributed by atoms with E-state index in [1.807, 2.05) is 5.51 Å². The molecule has 5 rings (SSSR count). The number of aromatic nitrogens is 3. The molecule has 1 aromatic carbocycles.